The quantitative estimate of drug-likeness (QED) is 0.386. The molecule has 1 aromatic heterocycles. The van der Waals surface area contributed by atoms with Crippen molar-refractivity contribution < 1.29 is 27.6 Å². The van der Waals surface area contributed by atoms with Crippen LogP contribution in [0, 0.1) is 10.1 Å². The maximum absolute atomic E-state index is 12.6. The number of ether oxygens (including phenoxy) is 1. The fourth-order valence-corrected chi connectivity index (χ4v) is 2.86. The monoisotopic (exact) mass is 460 g/mol. The predicted molar refractivity (Wildman–Crippen MR) is 113 cm³/mol. The molecular formula is C22H19F3N4O4. The molecule has 11 heteroatoms. The number of rotatable bonds is 8. The van der Waals surface area contributed by atoms with Crippen LogP contribution in [0.25, 0.3) is 0 Å². The molecule has 2 aromatic carbocycles. The van der Waals surface area contributed by atoms with Gasteiger partial charge in [-0.25, -0.2) is 0 Å². The van der Waals surface area contributed by atoms with Gasteiger partial charge in [0.25, 0.3) is 5.69 Å². The third-order valence-corrected chi connectivity index (χ3v) is 4.59. The summed E-state index contributed by atoms with van der Waals surface area (Å²) in [5, 5.41) is 13.3. The van der Waals surface area contributed by atoms with Crippen LogP contribution in [0.3, 0.4) is 0 Å². The number of nitrogens with one attached hydrogen (secondary N) is 1. The van der Waals surface area contributed by atoms with Crippen LogP contribution in [0.5, 0.6) is 5.75 Å². The Morgan fingerprint density at radius 2 is 1.79 bits per heavy atom. The van der Waals surface area contributed by atoms with E-state index in [1.165, 1.54) is 18.3 Å². The van der Waals surface area contributed by atoms with E-state index >= 15 is 0 Å². The van der Waals surface area contributed by atoms with Crippen molar-refractivity contribution >= 4 is 17.3 Å². The molecule has 0 spiro atoms. The molecule has 1 heterocycles. The summed E-state index contributed by atoms with van der Waals surface area (Å²) < 4.78 is 43.4. The van der Waals surface area contributed by atoms with Gasteiger partial charge in [0.2, 0.25) is 5.91 Å². The van der Waals surface area contributed by atoms with Crippen LogP contribution in [0.1, 0.15) is 16.8 Å². The SMILES string of the molecule is N[C@@H](Cc1ccc(OCc2cc([N+](=O)[O-])ccn2)cc1)C(=O)Nc1ccc(C(F)(F)F)cc1. The van der Waals surface area contributed by atoms with Crippen molar-refractivity contribution in [2.75, 3.05) is 5.32 Å². The third kappa shape index (κ3) is 6.74. The molecule has 0 saturated heterocycles. The zero-order valence-corrected chi connectivity index (χ0v) is 17.1. The Labute approximate surface area is 186 Å². The van der Waals surface area contributed by atoms with Crippen molar-refractivity contribution in [3.05, 3.63) is 93.8 Å². The zero-order valence-electron chi connectivity index (χ0n) is 17.1. The second kappa shape index (κ2) is 10.1. The van der Waals surface area contributed by atoms with Crippen molar-refractivity contribution in [3.63, 3.8) is 0 Å². The molecule has 3 aromatic rings. The number of carbonyl (C=O) groups is 1. The summed E-state index contributed by atoms with van der Waals surface area (Å²) in [5.41, 5.74) is 6.38. The number of pyridine rings is 1. The molecule has 1 atom stereocenters. The number of hydrogen-bond acceptors (Lipinski definition) is 6. The van der Waals surface area contributed by atoms with Crippen LogP contribution >= 0.6 is 0 Å². The highest BCUT2D eigenvalue weighted by Crippen LogP contribution is 2.29. The first-order valence-corrected chi connectivity index (χ1v) is 9.66. The summed E-state index contributed by atoms with van der Waals surface area (Å²) >= 11 is 0. The van der Waals surface area contributed by atoms with Crippen LogP contribution in [-0.2, 0) is 24.0 Å². The van der Waals surface area contributed by atoms with Crippen LogP contribution in [0.2, 0.25) is 0 Å². The molecule has 1 amide bonds. The second-order valence-corrected chi connectivity index (χ2v) is 7.07. The van der Waals surface area contributed by atoms with Crippen LogP contribution in [0.4, 0.5) is 24.5 Å². The Kier molecular flexibility index (Phi) is 7.23. The number of halogens is 3. The topological polar surface area (TPSA) is 120 Å². The van der Waals surface area contributed by atoms with Gasteiger partial charge in [-0.1, -0.05) is 12.1 Å². The lowest BCUT2D eigenvalue weighted by Crippen LogP contribution is -2.37. The number of alkyl halides is 3. The summed E-state index contributed by atoms with van der Waals surface area (Å²) in [4.78, 5) is 26.6. The normalized spacial score (nSPS) is 12.1. The van der Waals surface area contributed by atoms with Crippen LogP contribution < -0.4 is 15.8 Å². The fraction of sp³-hybridized carbons (Fsp3) is 0.182. The fourth-order valence-electron chi connectivity index (χ4n) is 2.86. The number of nitrogens with two attached hydrogens (primary N) is 1. The van der Waals surface area contributed by atoms with Crippen molar-refractivity contribution in [1.82, 2.24) is 4.98 Å². The molecule has 0 radical (unpaired) electrons. The lowest BCUT2D eigenvalue weighted by Gasteiger charge is -2.14. The highest BCUT2D eigenvalue weighted by Gasteiger charge is 2.30. The summed E-state index contributed by atoms with van der Waals surface area (Å²) in [6.45, 7) is 0.0378. The maximum Gasteiger partial charge on any atom is 0.416 e. The molecule has 3 N–H and O–H groups in total. The van der Waals surface area contributed by atoms with E-state index in [0.29, 0.717) is 11.4 Å². The van der Waals surface area contributed by atoms with Crippen LogP contribution in [-0.4, -0.2) is 21.9 Å². The lowest BCUT2D eigenvalue weighted by molar-refractivity contribution is -0.385. The number of hydrogen-bond donors (Lipinski definition) is 2. The molecule has 0 aliphatic carbocycles. The summed E-state index contributed by atoms with van der Waals surface area (Å²) in [7, 11) is 0. The first kappa shape index (κ1) is 23.7. The van der Waals surface area contributed by atoms with E-state index in [1.807, 2.05) is 0 Å². The Bertz CT molecular complexity index is 1120. The first-order valence-electron chi connectivity index (χ1n) is 9.66. The molecule has 3 rings (SSSR count). The highest BCUT2D eigenvalue weighted by atomic mass is 19.4. The predicted octanol–water partition coefficient (Wildman–Crippen LogP) is 4.10. The molecule has 0 saturated carbocycles. The van der Waals surface area contributed by atoms with Crippen molar-refractivity contribution in [3.8, 4) is 5.75 Å². The van der Waals surface area contributed by atoms with Crippen molar-refractivity contribution in [1.29, 1.82) is 0 Å². The standard InChI is InChI=1S/C22H19F3N4O4/c23-22(24,25)15-3-5-16(6-4-15)28-21(30)20(26)11-14-1-7-19(8-2-14)33-13-17-12-18(29(31)32)9-10-27-17/h1-10,12,20H,11,13,26H2,(H,28,30)/t20-/m0/s1. The van der Waals surface area contributed by atoms with E-state index < -0.39 is 28.6 Å². The number of amides is 1. The Hall–Kier alpha value is -3.99. The van der Waals surface area contributed by atoms with Gasteiger partial charge >= 0.3 is 6.18 Å². The van der Waals surface area contributed by atoms with Gasteiger partial charge < -0.3 is 15.8 Å². The highest BCUT2D eigenvalue weighted by molar-refractivity contribution is 5.94. The van der Waals surface area contributed by atoms with E-state index in [4.69, 9.17) is 10.5 Å². The van der Waals surface area contributed by atoms with Gasteiger partial charge in [0.15, 0.2) is 0 Å². The van der Waals surface area contributed by atoms with E-state index in [9.17, 15) is 28.1 Å². The molecule has 0 bridgehead atoms. The Morgan fingerprint density at radius 3 is 2.39 bits per heavy atom. The van der Waals surface area contributed by atoms with Gasteiger partial charge in [-0.2, -0.15) is 13.2 Å². The number of carbonyl (C=O) groups excluding carboxylic acids is 1. The minimum Gasteiger partial charge on any atom is -0.487 e. The largest absolute Gasteiger partial charge is 0.487 e. The second-order valence-electron chi connectivity index (χ2n) is 7.07. The van der Waals surface area contributed by atoms with Gasteiger partial charge in [-0.3, -0.25) is 19.9 Å². The molecule has 0 unspecified atom stereocenters. The number of nitrogens with zero attached hydrogens (tertiary/aromatic N) is 2. The van der Waals surface area contributed by atoms with E-state index in [2.05, 4.69) is 10.3 Å². The van der Waals surface area contributed by atoms with Gasteiger partial charge in [0, 0.05) is 24.0 Å². The molecule has 0 fully saturated rings. The molecule has 0 aliphatic rings. The Balaban J connectivity index is 1.52. The van der Waals surface area contributed by atoms with Gasteiger partial charge in [0.05, 0.1) is 22.2 Å². The van der Waals surface area contributed by atoms with Crippen LogP contribution in [0.15, 0.2) is 66.9 Å². The molecule has 8 nitrogen and oxygen atoms in total. The Morgan fingerprint density at radius 1 is 1.12 bits per heavy atom. The number of nitro groups is 1. The number of benzene rings is 2. The lowest BCUT2D eigenvalue weighted by atomic mass is 10.1. The zero-order chi connectivity index (χ0) is 24.0. The van der Waals surface area contributed by atoms with E-state index in [1.54, 1.807) is 24.3 Å². The minimum atomic E-state index is -4.45. The molecule has 33 heavy (non-hydrogen) atoms. The van der Waals surface area contributed by atoms with E-state index in [-0.39, 0.29) is 24.4 Å². The smallest absolute Gasteiger partial charge is 0.416 e. The summed E-state index contributed by atoms with van der Waals surface area (Å²) in [6.07, 6.45) is -2.93. The van der Waals surface area contributed by atoms with Crippen molar-refractivity contribution in [2.24, 2.45) is 5.73 Å². The summed E-state index contributed by atoms with van der Waals surface area (Å²) in [6, 6.07) is 12.5. The molecule has 172 valence electrons. The molecular weight excluding hydrogens is 441 g/mol. The maximum atomic E-state index is 12.6. The van der Waals surface area contributed by atoms with E-state index in [0.717, 1.165) is 29.8 Å². The average Bonchev–Trinajstić information content (AvgIpc) is 2.78. The van der Waals surface area contributed by atoms with Gasteiger partial charge in [-0.15, -0.1) is 0 Å². The van der Waals surface area contributed by atoms with Gasteiger partial charge in [0.1, 0.15) is 12.4 Å². The minimum absolute atomic E-state index is 0.0378. The van der Waals surface area contributed by atoms with Gasteiger partial charge in [-0.05, 0) is 48.4 Å². The van der Waals surface area contributed by atoms with Crippen molar-refractivity contribution in [2.45, 2.75) is 25.2 Å². The summed E-state index contributed by atoms with van der Waals surface area (Å²) in [5.74, 6) is -0.0401. The molecule has 0 aliphatic heterocycles. The first-order chi connectivity index (χ1) is 15.6. The average molecular weight is 460 g/mol. The number of anilines is 1. The third-order valence-electron chi connectivity index (χ3n) is 4.59. The number of aromatic nitrogens is 1.